The number of nitrogens with zero attached hydrogens (tertiary/aromatic N) is 5. The topological polar surface area (TPSA) is 140 Å². The van der Waals surface area contributed by atoms with Crippen molar-refractivity contribution < 1.29 is 23.4 Å². The van der Waals surface area contributed by atoms with Gasteiger partial charge in [-0.05, 0) is 50.3 Å². The highest BCUT2D eigenvalue weighted by molar-refractivity contribution is 7.21. The van der Waals surface area contributed by atoms with E-state index in [0.717, 1.165) is 34.3 Å². The highest BCUT2D eigenvalue weighted by Gasteiger charge is 2.42. The predicted octanol–water partition coefficient (Wildman–Crippen LogP) is 6.05. The third-order valence-electron chi connectivity index (χ3n) is 8.31. The van der Waals surface area contributed by atoms with Crippen molar-refractivity contribution in [1.29, 1.82) is 5.26 Å². The van der Waals surface area contributed by atoms with Gasteiger partial charge in [0.15, 0.2) is 0 Å². The number of halogens is 3. The van der Waals surface area contributed by atoms with Crippen LogP contribution in [0.25, 0.3) is 20.8 Å². The number of pyridine rings is 1. The van der Waals surface area contributed by atoms with Crippen molar-refractivity contribution in [3.05, 3.63) is 59.0 Å². The average molecular weight is 624 g/mol. The zero-order valence-electron chi connectivity index (χ0n) is 24.1. The number of rotatable bonds is 9. The van der Waals surface area contributed by atoms with Crippen LogP contribution in [0.1, 0.15) is 67.1 Å². The first-order chi connectivity index (χ1) is 21.0. The number of alkyl halides is 3. The van der Waals surface area contributed by atoms with Gasteiger partial charge in [0.05, 0.1) is 52.3 Å². The van der Waals surface area contributed by atoms with Gasteiger partial charge in [-0.15, -0.1) is 11.3 Å². The number of hydrogen-bond acceptors (Lipinski definition) is 10. The molecule has 0 spiro atoms. The summed E-state index contributed by atoms with van der Waals surface area (Å²) >= 11 is 1.50. The number of thiazole rings is 1. The van der Waals surface area contributed by atoms with E-state index < -0.39 is 30.8 Å². The maximum Gasteiger partial charge on any atom is 0.393 e. The summed E-state index contributed by atoms with van der Waals surface area (Å²) in [4.78, 5) is 19.1. The van der Waals surface area contributed by atoms with Crippen LogP contribution in [-0.4, -0.2) is 54.6 Å². The highest BCUT2D eigenvalue weighted by atomic mass is 32.1. The number of anilines is 2. The Bertz CT molecular complexity index is 1700. The SMILES string of the molecule is Cc1nc(N[C@H](C)c2ccc(CC(F)(F)F)cc2)nc(N[C@@H]2C[C@H](CC#N)[C@@H](O)[C@H]2O)c1-c1nc2c(C3CC3)nccc2s1. The van der Waals surface area contributed by atoms with Crippen molar-refractivity contribution in [3.8, 4) is 16.6 Å². The second kappa shape index (κ2) is 11.9. The van der Waals surface area contributed by atoms with Gasteiger partial charge < -0.3 is 20.8 Å². The lowest BCUT2D eigenvalue weighted by molar-refractivity contribution is -0.127. The molecule has 1 aromatic carbocycles. The van der Waals surface area contributed by atoms with Gasteiger partial charge in [-0.25, -0.2) is 9.97 Å². The van der Waals surface area contributed by atoms with Crippen LogP contribution in [0.15, 0.2) is 36.5 Å². The molecular weight excluding hydrogens is 591 g/mol. The number of hydrogen-bond donors (Lipinski definition) is 4. The van der Waals surface area contributed by atoms with Crippen LogP contribution in [0.5, 0.6) is 0 Å². The van der Waals surface area contributed by atoms with Crippen molar-refractivity contribution >= 4 is 33.3 Å². The van der Waals surface area contributed by atoms with Gasteiger partial charge in [0, 0.05) is 24.5 Å². The molecule has 0 unspecified atom stereocenters. The van der Waals surface area contributed by atoms with Gasteiger partial charge in [-0.2, -0.15) is 23.4 Å². The predicted molar refractivity (Wildman–Crippen MR) is 161 cm³/mol. The van der Waals surface area contributed by atoms with Crippen LogP contribution in [0.3, 0.4) is 0 Å². The lowest BCUT2D eigenvalue weighted by atomic mass is 10.0. The van der Waals surface area contributed by atoms with Crippen molar-refractivity contribution in [2.45, 2.75) is 82.3 Å². The second-order valence-corrected chi connectivity index (χ2v) is 12.7. The molecule has 2 aliphatic rings. The fraction of sp³-hybridized carbons (Fsp3) is 0.452. The Labute approximate surface area is 256 Å². The van der Waals surface area contributed by atoms with Crippen LogP contribution in [0, 0.1) is 24.2 Å². The lowest BCUT2D eigenvalue weighted by Crippen LogP contribution is -2.35. The van der Waals surface area contributed by atoms with Crippen LogP contribution >= 0.6 is 11.3 Å². The molecule has 3 heterocycles. The normalized spacial score (nSPS) is 22.6. The Hall–Kier alpha value is -3.86. The van der Waals surface area contributed by atoms with Crippen LogP contribution in [0.2, 0.25) is 0 Å². The van der Waals surface area contributed by atoms with Crippen molar-refractivity contribution in [2.75, 3.05) is 10.6 Å². The molecule has 44 heavy (non-hydrogen) atoms. The minimum absolute atomic E-state index is 0.118. The molecule has 0 saturated heterocycles. The first kappa shape index (κ1) is 30.2. The molecule has 0 amide bonds. The van der Waals surface area contributed by atoms with E-state index in [0.29, 0.717) is 34.4 Å². The summed E-state index contributed by atoms with van der Waals surface area (Å²) < 4.78 is 39.4. The summed E-state index contributed by atoms with van der Waals surface area (Å²) in [6.45, 7) is 3.70. The monoisotopic (exact) mass is 623 g/mol. The largest absolute Gasteiger partial charge is 0.393 e. The summed E-state index contributed by atoms with van der Waals surface area (Å²) in [7, 11) is 0. The average Bonchev–Trinajstić information content (AvgIpc) is 3.67. The maximum absolute atomic E-state index is 12.8. The standard InChI is InChI=1S/C31H32F3N7O2S/c1-15(18-5-3-17(4-6-18)14-31(32,33)34)37-30-38-16(2)23(28(41-30)39-21-13-20(9-11-35)26(42)27(21)43)29-40-25-22(44-29)10-12-36-24(25)19-7-8-19/h3-6,10,12,15,19-21,26-27,42-43H,7-9,13-14H2,1-2H3,(H2,37,38,39,41)/t15-,20+,21-,26-,27+/m1/s1. The van der Waals surface area contributed by atoms with E-state index in [-0.39, 0.29) is 29.9 Å². The molecule has 2 fully saturated rings. The van der Waals surface area contributed by atoms with Crippen molar-refractivity contribution in [2.24, 2.45) is 5.92 Å². The second-order valence-electron chi connectivity index (χ2n) is 11.7. The first-order valence-corrected chi connectivity index (χ1v) is 15.4. The molecule has 2 aliphatic carbocycles. The maximum atomic E-state index is 12.8. The molecule has 6 rings (SSSR count). The van der Waals surface area contributed by atoms with E-state index in [2.05, 4.69) is 21.7 Å². The van der Waals surface area contributed by atoms with Crippen LogP contribution in [0.4, 0.5) is 24.9 Å². The van der Waals surface area contributed by atoms with Crippen LogP contribution in [-0.2, 0) is 6.42 Å². The minimum Gasteiger partial charge on any atom is -0.390 e. The number of benzene rings is 1. The van der Waals surface area contributed by atoms with Gasteiger partial charge in [-0.3, -0.25) is 4.98 Å². The molecule has 4 N–H and O–H groups in total. The van der Waals surface area contributed by atoms with E-state index in [1.165, 1.54) is 23.5 Å². The van der Waals surface area contributed by atoms with Gasteiger partial charge in [0.25, 0.3) is 0 Å². The molecule has 230 valence electrons. The Morgan fingerprint density at radius 1 is 1.09 bits per heavy atom. The molecule has 4 aromatic rings. The Morgan fingerprint density at radius 3 is 2.52 bits per heavy atom. The highest BCUT2D eigenvalue weighted by Crippen LogP contribution is 2.45. The number of aliphatic hydroxyl groups excluding tert-OH is 2. The first-order valence-electron chi connectivity index (χ1n) is 14.6. The lowest BCUT2D eigenvalue weighted by Gasteiger charge is -2.22. The molecule has 3 aromatic heterocycles. The van der Waals surface area contributed by atoms with Crippen LogP contribution < -0.4 is 10.6 Å². The van der Waals surface area contributed by atoms with Gasteiger partial charge in [0.1, 0.15) is 22.4 Å². The Balaban J connectivity index is 1.34. The fourth-order valence-corrected chi connectivity index (χ4v) is 6.90. The summed E-state index contributed by atoms with van der Waals surface area (Å²) in [5.74, 6) is 0.725. The third kappa shape index (κ3) is 6.33. The number of aryl methyl sites for hydroxylation is 1. The van der Waals surface area contributed by atoms with Gasteiger partial charge in [-0.1, -0.05) is 24.3 Å². The Morgan fingerprint density at radius 2 is 1.84 bits per heavy atom. The number of nitrogens with one attached hydrogen (secondary N) is 2. The molecule has 2 saturated carbocycles. The minimum atomic E-state index is -4.28. The zero-order chi connectivity index (χ0) is 31.2. The smallest absolute Gasteiger partial charge is 0.390 e. The van der Waals surface area contributed by atoms with Gasteiger partial charge >= 0.3 is 6.18 Å². The molecule has 0 bridgehead atoms. The zero-order valence-corrected chi connectivity index (χ0v) is 25.0. The number of fused-ring (bicyclic) bond motifs is 1. The number of nitriles is 1. The molecule has 5 atom stereocenters. The molecule has 13 heteroatoms. The van der Waals surface area contributed by atoms with E-state index in [1.807, 2.05) is 19.9 Å². The Kier molecular flexibility index (Phi) is 8.17. The van der Waals surface area contributed by atoms with E-state index >= 15 is 0 Å². The molecule has 0 radical (unpaired) electrons. The van der Waals surface area contributed by atoms with Crippen molar-refractivity contribution in [3.63, 3.8) is 0 Å². The number of aromatic nitrogens is 4. The van der Waals surface area contributed by atoms with E-state index in [4.69, 9.17) is 15.0 Å². The quantitative estimate of drug-likeness (QED) is 0.175. The summed E-state index contributed by atoms with van der Waals surface area (Å²) in [6, 6.07) is 9.35. The molecule has 9 nitrogen and oxygen atoms in total. The third-order valence-corrected chi connectivity index (χ3v) is 9.35. The number of aliphatic hydroxyl groups is 2. The summed E-state index contributed by atoms with van der Waals surface area (Å²) in [5.41, 5.74) is 4.07. The molecule has 0 aliphatic heterocycles. The van der Waals surface area contributed by atoms with Crippen molar-refractivity contribution in [1.82, 2.24) is 19.9 Å². The van der Waals surface area contributed by atoms with Gasteiger partial charge in [0.2, 0.25) is 5.95 Å². The summed E-state index contributed by atoms with van der Waals surface area (Å²) in [6.07, 6.45) is -2.96. The molecular formula is C31H32F3N7O2S. The van der Waals surface area contributed by atoms with E-state index in [9.17, 15) is 28.6 Å². The summed E-state index contributed by atoms with van der Waals surface area (Å²) in [5, 5.41) is 37.9. The van der Waals surface area contributed by atoms with E-state index in [1.54, 1.807) is 18.3 Å². The fourth-order valence-electron chi connectivity index (χ4n) is 5.83.